The summed E-state index contributed by atoms with van der Waals surface area (Å²) in [6, 6.07) is 9.05. The van der Waals surface area contributed by atoms with E-state index < -0.39 is 0 Å². The summed E-state index contributed by atoms with van der Waals surface area (Å²) in [6.45, 7) is 2.90. The molecule has 17 heavy (non-hydrogen) atoms. The van der Waals surface area contributed by atoms with Crippen LogP contribution in [0.2, 0.25) is 0 Å². The lowest BCUT2D eigenvalue weighted by molar-refractivity contribution is 0.0122. The van der Waals surface area contributed by atoms with Gasteiger partial charge in [-0.1, -0.05) is 31.2 Å². The average Bonchev–Trinajstić information content (AvgIpc) is 2.37. The molecule has 0 aromatic heterocycles. The maximum atomic E-state index is 5.95. The van der Waals surface area contributed by atoms with Crippen molar-refractivity contribution in [1.82, 2.24) is 0 Å². The molecule has 0 spiro atoms. The summed E-state index contributed by atoms with van der Waals surface area (Å²) in [6.07, 6.45) is 6.02. The fourth-order valence-electron chi connectivity index (χ4n) is 2.42. The van der Waals surface area contributed by atoms with Crippen molar-refractivity contribution in [3.8, 4) is 0 Å². The monoisotopic (exact) mass is 233 g/mol. The molecule has 1 saturated carbocycles. The molecule has 2 N–H and O–H groups in total. The van der Waals surface area contributed by atoms with Crippen molar-refractivity contribution < 1.29 is 4.74 Å². The largest absolute Gasteiger partial charge is 0.373 e. The summed E-state index contributed by atoms with van der Waals surface area (Å²) in [5.41, 5.74) is 8.60. The second kappa shape index (κ2) is 6.18. The fourth-order valence-corrected chi connectivity index (χ4v) is 2.42. The highest BCUT2D eigenvalue weighted by atomic mass is 16.5. The van der Waals surface area contributed by atoms with E-state index >= 15 is 0 Å². The first-order valence-corrected chi connectivity index (χ1v) is 6.73. The van der Waals surface area contributed by atoms with Crippen LogP contribution in [0.25, 0.3) is 0 Å². The molecule has 1 fully saturated rings. The Morgan fingerprint density at radius 2 is 1.88 bits per heavy atom. The van der Waals surface area contributed by atoms with Gasteiger partial charge < -0.3 is 10.5 Å². The van der Waals surface area contributed by atoms with Gasteiger partial charge in [0.25, 0.3) is 0 Å². The SMILES string of the molecule is CCc1ccc(COC2CCCC(N)C2)cc1. The summed E-state index contributed by atoms with van der Waals surface area (Å²) in [5, 5.41) is 0. The molecule has 2 unspecified atom stereocenters. The minimum atomic E-state index is 0.344. The highest BCUT2D eigenvalue weighted by Crippen LogP contribution is 2.21. The van der Waals surface area contributed by atoms with E-state index in [2.05, 4.69) is 31.2 Å². The molecule has 94 valence electrons. The average molecular weight is 233 g/mol. The van der Waals surface area contributed by atoms with E-state index in [0.717, 1.165) is 25.9 Å². The fraction of sp³-hybridized carbons (Fsp3) is 0.600. The Bertz CT molecular complexity index is 333. The number of nitrogens with two attached hydrogens (primary N) is 1. The number of aryl methyl sites for hydroxylation is 1. The lowest BCUT2D eigenvalue weighted by Crippen LogP contribution is -2.32. The third-order valence-corrected chi connectivity index (χ3v) is 3.58. The van der Waals surface area contributed by atoms with Gasteiger partial charge in [-0.25, -0.2) is 0 Å². The Labute approximate surface area is 104 Å². The van der Waals surface area contributed by atoms with Gasteiger partial charge in [0.2, 0.25) is 0 Å². The van der Waals surface area contributed by atoms with Crippen LogP contribution >= 0.6 is 0 Å². The Morgan fingerprint density at radius 1 is 1.18 bits per heavy atom. The van der Waals surface area contributed by atoms with Crippen LogP contribution in [0.5, 0.6) is 0 Å². The predicted molar refractivity (Wildman–Crippen MR) is 70.8 cm³/mol. The van der Waals surface area contributed by atoms with E-state index in [1.807, 2.05) is 0 Å². The zero-order valence-corrected chi connectivity index (χ0v) is 10.7. The molecular weight excluding hydrogens is 210 g/mol. The Kier molecular flexibility index (Phi) is 4.57. The van der Waals surface area contributed by atoms with Crippen molar-refractivity contribution in [2.24, 2.45) is 5.73 Å². The zero-order valence-electron chi connectivity index (χ0n) is 10.7. The number of benzene rings is 1. The van der Waals surface area contributed by atoms with E-state index in [4.69, 9.17) is 10.5 Å². The second-order valence-electron chi connectivity index (χ2n) is 5.03. The molecule has 0 aliphatic heterocycles. The van der Waals surface area contributed by atoms with Crippen molar-refractivity contribution in [2.45, 2.75) is 57.8 Å². The van der Waals surface area contributed by atoms with Crippen molar-refractivity contribution >= 4 is 0 Å². The molecule has 0 radical (unpaired) electrons. The van der Waals surface area contributed by atoms with Crippen LogP contribution in [0, 0.1) is 0 Å². The predicted octanol–water partition coefficient (Wildman–Crippen LogP) is 3.04. The molecular formula is C15H23NO. The molecule has 2 rings (SSSR count). The maximum Gasteiger partial charge on any atom is 0.0720 e. The number of ether oxygens (including phenoxy) is 1. The van der Waals surface area contributed by atoms with Crippen LogP contribution in [-0.2, 0) is 17.8 Å². The van der Waals surface area contributed by atoms with E-state index in [1.165, 1.54) is 24.0 Å². The first kappa shape index (κ1) is 12.6. The Balaban J connectivity index is 1.80. The minimum absolute atomic E-state index is 0.344. The van der Waals surface area contributed by atoms with Crippen molar-refractivity contribution in [2.75, 3.05) is 0 Å². The second-order valence-corrected chi connectivity index (χ2v) is 5.03. The quantitative estimate of drug-likeness (QED) is 0.867. The molecule has 0 bridgehead atoms. The van der Waals surface area contributed by atoms with E-state index in [0.29, 0.717) is 12.1 Å². The van der Waals surface area contributed by atoms with E-state index in [1.54, 1.807) is 0 Å². The highest BCUT2D eigenvalue weighted by Gasteiger charge is 2.19. The third-order valence-electron chi connectivity index (χ3n) is 3.58. The summed E-state index contributed by atoms with van der Waals surface area (Å²) in [4.78, 5) is 0. The third kappa shape index (κ3) is 3.83. The Morgan fingerprint density at radius 3 is 2.53 bits per heavy atom. The summed E-state index contributed by atoms with van der Waals surface area (Å²) < 4.78 is 5.93. The molecule has 0 amide bonds. The zero-order chi connectivity index (χ0) is 12.1. The summed E-state index contributed by atoms with van der Waals surface area (Å²) in [7, 11) is 0. The van der Waals surface area contributed by atoms with Gasteiger partial charge >= 0.3 is 0 Å². The van der Waals surface area contributed by atoms with Crippen molar-refractivity contribution in [1.29, 1.82) is 0 Å². The number of rotatable bonds is 4. The molecule has 2 nitrogen and oxygen atoms in total. The summed E-state index contributed by atoms with van der Waals surface area (Å²) in [5.74, 6) is 0. The van der Waals surface area contributed by atoms with Gasteiger partial charge in [-0.15, -0.1) is 0 Å². The van der Waals surface area contributed by atoms with Gasteiger partial charge in [0.05, 0.1) is 12.7 Å². The van der Waals surface area contributed by atoms with Crippen LogP contribution in [-0.4, -0.2) is 12.1 Å². The molecule has 2 atom stereocenters. The molecule has 1 aliphatic rings. The molecule has 1 aliphatic carbocycles. The minimum Gasteiger partial charge on any atom is -0.373 e. The Hall–Kier alpha value is -0.860. The van der Waals surface area contributed by atoms with E-state index in [-0.39, 0.29) is 0 Å². The number of hydrogen-bond acceptors (Lipinski definition) is 2. The standard InChI is InChI=1S/C15H23NO/c1-2-12-6-8-13(9-7-12)11-17-15-5-3-4-14(16)10-15/h6-9,14-15H,2-5,10-11,16H2,1H3. The van der Waals surface area contributed by atoms with Crippen LogP contribution in [0.15, 0.2) is 24.3 Å². The lowest BCUT2D eigenvalue weighted by Gasteiger charge is -2.26. The molecule has 0 saturated heterocycles. The lowest BCUT2D eigenvalue weighted by atomic mass is 9.93. The molecule has 1 aromatic carbocycles. The van der Waals surface area contributed by atoms with Crippen LogP contribution < -0.4 is 5.73 Å². The smallest absolute Gasteiger partial charge is 0.0720 e. The molecule has 2 heteroatoms. The van der Waals surface area contributed by atoms with Gasteiger partial charge in [-0.05, 0) is 43.2 Å². The summed E-state index contributed by atoms with van der Waals surface area (Å²) >= 11 is 0. The molecule has 0 heterocycles. The topological polar surface area (TPSA) is 35.2 Å². The van der Waals surface area contributed by atoms with Crippen LogP contribution in [0.1, 0.15) is 43.7 Å². The molecule has 1 aromatic rings. The highest BCUT2D eigenvalue weighted by molar-refractivity contribution is 5.21. The van der Waals surface area contributed by atoms with Crippen LogP contribution in [0.4, 0.5) is 0 Å². The van der Waals surface area contributed by atoms with Crippen molar-refractivity contribution in [3.05, 3.63) is 35.4 Å². The first-order chi connectivity index (χ1) is 8.28. The maximum absolute atomic E-state index is 5.95. The van der Waals surface area contributed by atoms with Gasteiger partial charge in [0.15, 0.2) is 0 Å². The first-order valence-electron chi connectivity index (χ1n) is 6.73. The number of hydrogen-bond donors (Lipinski definition) is 1. The van der Waals surface area contributed by atoms with Gasteiger partial charge in [0, 0.05) is 6.04 Å². The van der Waals surface area contributed by atoms with E-state index in [9.17, 15) is 0 Å². The van der Waals surface area contributed by atoms with Gasteiger partial charge in [-0.3, -0.25) is 0 Å². The van der Waals surface area contributed by atoms with Gasteiger partial charge in [-0.2, -0.15) is 0 Å². The normalized spacial score (nSPS) is 24.8. The van der Waals surface area contributed by atoms with Crippen molar-refractivity contribution in [3.63, 3.8) is 0 Å². The van der Waals surface area contributed by atoms with Gasteiger partial charge in [0.1, 0.15) is 0 Å². The van der Waals surface area contributed by atoms with Crippen LogP contribution in [0.3, 0.4) is 0 Å².